The van der Waals surface area contributed by atoms with Crippen LogP contribution in [0.4, 0.5) is 5.13 Å². The molecule has 1 unspecified atom stereocenters. The first-order chi connectivity index (χ1) is 9.60. The van der Waals surface area contributed by atoms with Crippen molar-refractivity contribution in [2.45, 2.75) is 23.7 Å². The average molecular weight is 308 g/mol. The molecule has 1 amide bonds. The zero-order chi connectivity index (χ0) is 14.5. The summed E-state index contributed by atoms with van der Waals surface area (Å²) in [6, 6.07) is 9.16. The largest absolute Gasteiger partial charge is 0.388 e. The fourth-order valence-corrected chi connectivity index (χ4v) is 3.39. The first-order valence-electron chi connectivity index (χ1n) is 6.14. The van der Waals surface area contributed by atoms with Crippen molar-refractivity contribution in [3.8, 4) is 0 Å². The highest BCUT2D eigenvalue weighted by Gasteiger charge is 2.15. The summed E-state index contributed by atoms with van der Waals surface area (Å²) in [5.74, 6) is -0.234. The lowest BCUT2D eigenvalue weighted by molar-refractivity contribution is -0.118. The molecule has 2 N–H and O–H groups in total. The van der Waals surface area contributed by atoms with Gasteiger partial charge in [0, 0.05) is 0 Å². The van der Waals surface area contributed by atoms with Gasteiger partial charge in [-0.1, -0.05) is 41.7 Å². The number of hydrogen-bond acceptors (Lipinski definition) is 5. The molecule has 0 radical (unpaired) electrons. The van der Waals surface area contributed by atoms with Gasteiger partial charge in [-0.2, -0.15) is 0 Å². The second kappa shape index (κ2) is 6.88. The molecule has 2 aromatic rings. The number of aliphatic hydroxyl groups is 1. The number of rotatable bonds is 5. The van der Waals surface area contributed by atoms with E-state index in [0.717, 1.165) is 15.5 Å². The zero-order valence-corrected chi connectivity index (χ0v) is 12.9. The Morgan fingerprint density at radius 2 is 2.15 bits per heavy atom. The Balaban J connectivity index is 1.95. The van der Waals surface area contributed by atoms with Gasteiger partial charge in [-0.05, 0) is 18.7 Å². The van der Waals surface area contributed by atoms with E-state index in [2.05, 4.69) is 10.3 Å². The van der Waals surface area contributed by atoms with Crippen LogP contribution in [0.5, 0.6) is 0 Å². The molecule has 0 aliphatic rings. The second-order valence-corrected chi connectivity index (χ2v) is 6.35. The van der Waals surface area contributed by atoms with Gasteiger partial charge in [0.15, 0.2) is 5.13 Å². The third kappa shape index (κ3) is 3.82. The summed E-state index contributed by atoms with van der Waals surface area (Å²) in [5, 5.41) is 13.3. The lowest BCUT2D eigenvalue weighted by Gasteiger charge is -2.09. The van der Waals surface area contributed by atoms with E-state index in [-0.39, 0.29) is 12.3 Å². The Labute approximate surface area is 126 Å². The van der Waals surface area contributed by atoms with Gasteiger partial charge in [0.05, 0.1) is 22.4 Å². The van der Waals surface area contributed by atoms with Crippen LogP contribution in [0, 0.1) is 6.92 Å². The average Bonchev–Trinajstić information content (AvgIpc) is 2.79. The number of thiazole rings is 1. The fraction of sp³-hybridized carbons (Fsp3) is 0.286. The molecule has 1 aromatic carbocycles. The maximum absolute atomic E-state index is 11.9. The number of hydrogen-bond donors (Lipinski definition) is 2. The topological polar surface area (TPSA) is 62.2 Å². The second-order valence-electron chi connectivity index (χ2n) is 4.27. The molecule has 1 atom stereocenters. The highest BCUT2D eigenvalue weighted by molar-refractivity contribution is 8.00. The maximum Gasteiger partial charge on any atom is 0.229 e. The fourth-order valence-electron chi connectivity index (χ4n) is 1.76. The Bertz CT molecular complexity index is 584. The van der Waals surface area contributed by atoms with Gasteiger partial charge in [0.1, 0.15) is 0 Å². The molecule has 1 aromatic heterocycles. The molecule has 2 rings (SSSR count). The van der Waals surface area contributed by atoms with Crippen LogP contribution >= 0.6 is 23.1 Å². The molecule has 0 saturated heterocycles. The predicted molar refractivity (Wildman–Crippen MR) is 83.3 cm³/mol. The number of nitrogens with one attached hydrogen (secondary N) is 1. The normalized spacial score (nSPS) is 12.2. The summed E-state index contributed by atoms with van der Waals surface area (Å²) < 4.78 is 1.09. The number of carbonyl (C=O) groups is 1. The molecular weight excluding hydrogens is 292 g/mol. The van der Waals surface area contributed by atoms with Crippen LogP contribution in [-0.4, -0.2) is 22.3 Å². The van der Waals surface area contributed by atoms with Crippen LogP contribution in [0.3, 0.4) is 0 Å². The van der Waals surface area contributed by atoms with Gasteiger partial charge in [0.2, 0.25) is 5.91 Å². The number of benzene rings is 1. The molecule has 0 bridgehead atoms. The van der Waals surface area contributed by atoms with Gasteiger partial charge < -0.3 is 10.4 Å². The van der Waals surface area contributed by atoms with E-state index < -0.39 is 6.10 Å². The van der Waals surface area contributed by atoms with E-state index in [4.69, 9.17) is 0 Å². The first-order valence-corrected chi connectivity index (χ1v) is 8.18. The minimum atomic E-state index is -0.794. The van der Waals surface area contributed by atoms with Crippen LogP contribution in [0.25, 0.3) is 0 Å². The Morgan fingerprint density at radius 3 is 2.75 bits per heavy atom. The molecule has 0 fully saturated rings. The van der Waals surface area contributed by atoms with Crippen LogP contribution in [-0.2, 0) is 4.79 Å². The summed E-state index contributed by atoms with van der Waals surface area (Å²) in [4.78, 5) is 16.2. The zero-order valence-electron chi connectivity index (χ0n) is 11.3. The highest BCUT2D eigenvalue weighted by Crippen LogP contribution is 2.30. The number of aromatic nitrogens is 1. The van der Waals surface area contributed by atoms with E-state index in [9.17, 15) is 9.90 Å². The minimum Gasteiger partial charge on any atom is -0.388 e. The molecule has 1 heterocycles. The van der Waals surface area contributed by atoms with Crippen molar-refractivity contribution in [1.82, 2.24) is 4.98 Å². The SMILES string of the molecule is CSc1sc(NC(=O)CC(O)c2ccccc2)nc1C. The van der Waals surface area contributed by atoms with Gasteiger partial charge in [-0.25, -0.2) is 4.98 Å². The molecule has 6 heteroatoms. The van der Waals surface area contributed by atoms with E-state index in [0.29, 0.717) is 5.13 Å². The van der Waals surface area contributed by atoms with Crippen molar-refractivity contribution in [1.29, 1.82) is 0 Å². The van der Waals surface area contributed by atoms with Gasteiger partial charge >= 0.3 is 0 Å². The number of thioether (sulfide) groups is 1. The summed E-state index contributed by atoms with van der Waals surface area (Å²) >= 11 is 3.06. The van der Waals surface area contributed by atoms with Gasteiger partial charge in [0.25, 0.3) is 0 Å². The Morgan fingerprint density at radius 1 is 1.45 bits per heavy atom. The third-order valence-electron chi connectivity index (χ3n) is 2.75. The molecule has 0 saturated carbocycles. The Hall–Kier alpha value is -1.37. The van der Waals surface area contributed by atoms with Crippen molar-refractivity contribution >= 4 is 34.1 Å². The maximum atomic E-state index is 11.9. The number of aliphatic hydroxyl groups excluding tert-OH is 1. The van der Waals surface area contributed by atoms with Gasteiger partial charge in [-0.3, -0.25) is 4.79 Å². The standard InChI is InChI=1S/C14H16N2O2S2/c1-9-13(19-2)20-14(15-9)16-12(18)8-11(17)10-6-4-3-5-7-10/h3-7,11,17H,8H2,1-2H3,(H,15,16,18). The lowest BCUT2D eigenvalue weighted by Crippen LogP contribution is -2.15. The number of aryl methyl sites for hydroxylation is 1. The lowest BCUT2D eigenvalue weighted by atomic mass is 10.1. The molecule has 106 valence electrons. The molecule has 0 aliphatic heterocycles. The van der Waals surface area contributed by atoms with E-state index in [1.807, 2.05) is 31.4 Å². The van der Waals surface area contributed by atoms with Crippen molar-refractivity contribution < 1.29 is 9.90 Å². The number of nitrogens with zero attached hydrogens (tertiary/aromatic N) is 1. The quantitative estimate of drug-likeness (QED) is 0.832. The summed E-state index contributed by atoms with van der Waals surface area (Å²) in [6.07, 6.45) is 1.21. The predicted octanol–water partition coefficient (Wildman–Crippen LogP) is 3.24. The van der Waals surface area contributed by atoms with E-state index >= 15 is 0 Å². The number of carbonyl (C=O) groups excluding carboxylic acids is 1. The summed E-state index contributed by atoms with van der Waals surface area (Å²) in [6.45, 7) is 1.91. The van der Waals surface area contributed by atoms with Crippen molar-refractivity contribution in [2.75, 3.05) is 11.6 Å². The molecular formula is C14H16N2O2S2. The highest BCUT2D eigenvalue weighted by atomic mass is 32.2. The summed E-state index contributed by atoms with van der Waals surface area (Å²) in [7, 11) is 0. The minimum absolute atomic E-state index is 0.0250. The number of anilines is 1. The molecule has 4 nitrogen and oxygen atoms in total. The van der Waals surface area contributed by atoms with Crippen molar-refractivity contribution in [2.24, 2.45) is 0 Å². The van der Waals surface area contributed by atoms with Crippen molar-refractivity contribution in [3.05, 3.63) is 41.6 Å². The third-order valence-corrected chi connectivity index (χ3v) is 5.03. The number of amides is 1. The molecule has 0 spiro atoms. The van der Waals surface area contributed by atoms with Gasteiger partial charge in [-0.15, -0.1) is 11.8 Å². The van der Waals surface area contributed by atoms with Crippen molar-refractivity contribution in [3.63, 3.8) is 0 Å². The Kier molecular flexibility index (Phi) is 5.17. The first kappa shape index (κ1) is 15.0. The van der Waals surface area contributed by atoms with E-state index in [1.54, 1.807) is 23.9 Å². The monoisotopic (exact) mass is 308 g/mol. The van der Waals surface area contributed by atoms with Crippen LogP contribution in [0.1, 0.15) is 23.8 Å². The van der Waals surface area contributed by atoms with Crippen LogP contribution in [0.2, 0.25) is 0 Å². The van der Waals surface area contributed by atoms with E-state index in [1.165, 1.54) is 11.3 Å². The van der Waals surface area contributed by atoms with Crippen LogP contribution in [0.15, 0.2) is 34.5 Å². The smallest absolute Gasteiger partial charge is 0.229 e. The summed E-state index contributed by atoms with van der Waals surface area (Å²) in [5.41, 5.74) is 1.66. The van der Waals surface area contributed by atoms with Crippen LogP contribution < -0.4 is 5.32 Å². The molecule has 0 aliphatic carbocycles. The molecule has 20 heavy (non-hydrogen) atoms.